The van der Waals surface area contributed by atoms with Crippen molar-refractivity contribution in [2.24, 2.45) is 0 Å². The molecule has 0 aliphatic rings. The molecule has 0 fully saturated rings. The van der Waals surface area contributed by atoms with E-state index in [-0.39, 0.29) is 11.6 Å². The molecular weight excluding hydrogens is 328 g/mol. The summed E-state index contributed by atoms with van der Waals surface area (Å²) < 4.78 is 1.78. The lowest BCUT2D eigenvalue weighted by Gasteiger charge is -2.18. The molecule has 26 heavy (non-hydrogen) atoms. The van der Waals surface area contributed by atoms with Crippen LogP contribution in [-0.2, 0) is 0 Å². The summed E-state index contributed by atoms with van der Waals surface area (Å²) in [5.74, 6) is 0.460. The monoisotopic (exact) mass is 348 g/mol. The third-order valence-electron chi connectivity index (χ3n) is 4.67. The summed E-state index contributed by atoms with van der Waals surface area (Å²) in [6.07, 6.45) is 5.27. The van der Waals surface area contributed by atoms with Crippen molar-refractivity contribution >= 4 is 33.6 Å². The molecule has 0 spiro atoms. The van der Waals surface area contributed by atoms with Gasteiger partial charge in [-0.3, -0.25) is 14.5 Å². The smallest absolute Gasteiger partial charge is 0.252 e. The van der Waals surface area contributed by atoms with Crippen molar-refractivity contribution in [2.75, 3.05) is 5.32 Å². The van der Waals surface area contributed by atoms with Crippen molar-refractivity contribution in [2.45, 2.75) is 32.7 Å². The molecule has 4 aromatic rings. The molecule has 132 valence electrons. The van der Waals surface area contributed by atoms with Crippen molar-refractivity contribution in [1.82, 2.24) is 24.7 Å². The zero-order valence-corrected chi connectivity index (χ0v) is 14.7. The Bertz CT molecular complexity index is 1130. The van der Waals surface area contributed by atoms with Crippen molar-refractivity contribution in [3.63, 3.8) is 0 Å². The second kappa shape index (κ2) is 6.59. The third-order valence-corrected chi connectivity index (χ3v) is 4.67. The zero-order chi connectivity index (χ0) is 18.1. The standard InChI is InChI=1S/C19H20N6O/c1-3-15(4-2)25-17(26)8-6-13-10-20-19(23-18(13)25)22-14-7-5-12-11-21-24-16(12)9-14/h5-11,15H,3-4H2,1-2H3,(H,21,24)(H,20,22,23). The van der Waals surface area contributed by atoms with Gasteiger partial charge in [0.2, 0.25) is 5.95 Å². The van der Waals surface area contributed by atoms with E-state index in [2.05, 4.69) is 39.3 Å². The minimum Gasteiger partial charge on any atom is -0.324 e. The number of aromatic nitrogens is 5. The quantitative estimate of drug-likeness (QED) is 0.573. The molecule has 0 saturated heterocycles. The summed E-state index contributed by atoms with van der Waals surface area (Å²) in [6, 6.07) is 9.36. The van der Waals surface area contributed by atoms with E-state index in [0.717, 1.165) is 34.8 Å². The average Bonchev–Trinajstić information content (AvgIpc) is 3.12. The first-order valence-electron chi connectivity index (χ1n) is 8.78. The predicted octanol–water partition coefficient (Wildman–Crippen LogP) is 3.77. The van der Waals surface area contributed by atoms with Gasteiger partial charge in [0.1, 0.15) is 5.65 Å². The van der Waals surface area contributed by atoms with Crippen molar-refractivity contribution in [1.29, 1.82) is 0 Å². The van der Waals surface area contributed by atoms with E-state index in [9.17, 15) is 4.79 Å². The van der Waals surface area contributed by atoms with Crippen LogP contribution in [0.3, 0.4) is 0 Å². The number of aromatic amines is 1. The van der Waals surface area contributed by atoms with Gasteiger partial charge in [0.25, 0.3) is 5.56 Å². The fourth-order valence-corrected chi connectivity index (χ4v) is 3.25. The van der Waals surface area contributed by atoms with Crippen LogP contribution in [0.4, 0.5) is 11.6 Å². The number of nitrogens with one attached hydrogen (secondary N) is 2. The Hall–Kier alpha value is -3.22. The summed E-state index contributed by atoms with van der Waals surface area (Å²) in [4.78, 5) is 21.5. The molecule has 0 saturated carbocycles. The maximum absolute atomic E-state index is 12.4. The van der Waals surface area contributed by atoms with Gasteiger partial charge in [-0.25, -0.2) is 4.98 Å². The van der Waals surface area contributed by atoms with Gasteiger partial charge in [-0.15, -0.1) is 0 Å². The highest BCUT2D eigenvalue weighted by atomic mass is 16.1. The highest BCUT2D eigenvalue weighted by Crippen LogP contribution is 2.22. The molecule has 0 atom stereocenters. The minimum absolute atomic E-state index is 0.0327. The van der Waals surface area contributed by atoms with E-state index in [4.69, 9.17) is 0 Å². The van der Waals surface area contributed by atoms with Crippen LogP contribution in [0.5, 0.6) is 0 Å². The first-order valence-corrected chi connectivity index (χ1v) is 8.78. The fourth-order valence-electron chi connectivity index (χ4n) is 3.25. The van der Waals surface area contributed by atoms with Gasteiger partial charge in [0.15, 0.2) is 0 Å². The average molecular weight is 348 g/mol. The number of anilines is 2. The Labute approximate surface area is 150 Å². The van der Waals surface area contributed by atoms with Crippen molar-refractivity contribution in [3.05, 3.63) is 53.1 Å². The van der Waals surface area contributed by atoms with E-state index >= 15 is 0 Å². The Balaban J connectivity index is 1.78. The molecular formula is C19H20N6O. The van der Waals surface area contributed by atoms with Gasteiger partial charge in [0, 0.05) is 34.8 Å². The number of pyridine rings is 1. The van der Waals surface area contributed by atoms with Gasteiger partial charge in [-0.1, -0.05) is 13.8 Å². The van der Waals surface area contributed by atoms with E-state index in [1.807, 2.05) is 18.2 Å². The maximum atomic E-state index is 12.4. The lowest BCUT2D eigenvalue weighted by Crippen LogP contribution is -2.24. The van der Waals surface area contributed by atoms with Crippen LogP contribution in [0, 0.1) is 0 Å². The zero-order valence-electron chi connectivity index (χ0n) is 14.7. The number of fused-ring (bicyclic) bond motifs is 2. The Kier molecular flexibility index (Phi) is 4.12. The topological polar surface area (TPSA) is 88.5 Å². The molecule has 7 heteroatoms. The van der Waals surface area contributed by atoms with Crippen LogP contribution < -0.4 is 10.9 Å². The molecule has 7 nitrogen and oxygen atoms in total. The van der Waals surface area contributed by atoms with Crippen LogP contribution in [0.15, 0.2) is 47.5 Å². The number of rotatable bonds is 5. The molecule has 3 aromatic heterocycles. The highest BCUT2D eigenvalue weighted by molar-refractivity contribution is 5.82. The molecule has 2 N–H and O–H groups in total. The van der Waals surface area contributed by atoms with Gasteiger partial charge >= 0.3 is 0 Å². The van der Waals surface area contributed by atoms with E-state index in [0.29, 0.717) is 11.6 Å². The van der Waals surface area contributed by atoms with Crippen LogP contribution in [0.1, 0.15) is 32.7 Å². The van der Waals surface area contributed by atoms with Gasteiger partial charge in [-0.2, -0.15) is 10.1 Å². The first kappa shape index (κ1) is 16.3. The van der Waals surface area contributed by atoms with E-state index < -0.39 is 0 Å². The normalized spacial score (nSPS) is 11.5. The maximum Gasteiger partial charge on any atom is 0.252 e. The van der Waals surface area contributed by atoms with Crippen LogP contribution >= 0.6 is 0 Å². The Morgan fingerprint density at radius 1 is 1.12 bits per heavy atom. The first-order chi connectivity index (χ1) is 12.7. The van der Waals surface area contributed by atoms with Crippen LogP contribution in [0.25, 0.3) is 21.9 Å². The molecule has 3 heterocycles. The molecule has 0 radical (unpaired) electrons. The largest absolute Gasteiger partial charge is 0.324 e. The molecule has 4 rings (SSSR count). The molecule has 0 aliphatic carbocycles. The Morgan fingerprint density at radius 2 is 1.92 bits per heavy atom. The van der Waals surface area contributed by atoms with E-state index in [1.165, 1.54) is 0 Å². The highest BCUT2D eigenvalue weighted by Gasteiger charge is 2.14. The molecule has 1 aromatic carbocycles. The number of hydrogen-bond acceptors (Lipinski definition) is 5. The number of benzene rings is 1. The summed E-state index contributed by atoms with van der Waals surface area (Å²) >= 11 is 0. The van der Waals surface area contributed by atoms with Crippen LogP contribution in [0.2, 0.25) is 0 Å². The lowest BCUT2D eigenvalue weighted by molar-refractivity contribution is 0.470. The SMILES string of the molecule is CCC(CC)n1c(=O)ccc2cnc(Nc3ccc4cn[nH]c4c3)nc21. The van der Waals surface area contributed by atoms with Gasteiger partial charge < -0.3 is 5.32 Å². The summed E-state index contributed by atoms with van der Waals surface area (Å²) in [5.41, 5.74) is 2.42. The molecule has 0 bridgehead atoms. The van der Waals surface area contributed by atoms with Crippen molar-refractivity contribution in [3.8, 4) is 0 Å². The lowest BCUT2D eigenvalue weighted by atomic mass is 10.1. The second-order valence-electron chi connectivity index (χ2n) is 6.28. The molecule has 0 aliphatic heterocycles. The van der Waals surface area contributed by atoms with Crippen LogP contribution in [-0.4, -0.2) is 24.7 Å². The summed E-state index contributed by atoms with van der Waals surface area (Å²) in [5, 5.41) is 12.1. The van der Waals surface area contributed by atoms with Gasteiger partial charge in [0.05, 0.1) is 11.7 Å². The third kappa shape index (κ3) is 2.81. The molecule has 0 unspecified atom stereocenters. The summed E-state index contributed by atoms with van der Waals surface area (Å²) in [7, 11) is 0. The molecule has 0 amide bonds. The minimum atomic E-state index is -0.0327. The number of hydrogen-bond donors (Lipinski definition) is 2. The predicted molar refractivity (Wildman–Crippen MR) is 103 cm³/mol. The number of nitrogens with zero attached hydrogens (tertiary/aromatic N) is 4. The Morgan fingerprint density at radius 3 is 2.73 bits per heavy atom. The fraction of sp³-hybridized carbons (Fsp3) is 0.263. The van der Waals surface area contributed by atoms with E-state index in [1.54, 1.807) is 29.1 Å². The second-order valence-corrected chi connectivity index (χ2v) is 6.28. The van der Waals surface area contributed by atoms with Crippen molar-refractivity contribution < 1.29 is 0 Å². The summed E-state index contributed by atoms with van der Waals surface area (Å²) in [6.45, 7) is 4.17. The number of H-pyrrole nitrogens is 1. The van der Waals surface area contributed by atoms with Gasteiger partial charge in [-0.05, 0) is 37.1 Å².